The van der Waals surface area contributed by atoms with Gasteiger partial charge in [-0.3, -0.25) is 15.1 Å². The van der Waals surface area contributed by atoms with Gasteiger partial charge >= 0.3 is 0 Å². The number of hydrogen-bond acceptors (Lipinski definition) is 4. The lowest BCUT2D eigenvalue weighted by Gasteiger charge is -2.25. The summed E-state index contributed by atoms with van der Waals surface area (Å²) in [6, 6.07) is 1.61. The first-order valence-corrected chi connectivity index (χ1v) is 5.67. The number of nitro groups is 1. The summed E-state index contributed by atoms with van der Waals surface area (Å²) in [5, 5.41) is 20.8. The number of rotatable bonds is 2. The molecular weight excluding hydrogens is 232 g/mol. The fourth-order valence-corrected chi connectivity index (χ4v) is 2.12. The van der Waals surface area contributed by atoms with Gasteiger partial charge in [0, 0.05) is 6.20 Å². The van der Waals surface area contributed by atoms with Crippen molar-refractivity contribution in [1.29, 1.82) is 0 Å². The molecule has 0 aliphatic heterocycles. The second-order valence-electron chi connectivity index (χ2n) is 4.47. The van der Waals surface area contributed by atoms with Gasteiger partial charge in [0.05, 0.1) is 16.6 Å². The van der Waals surface area contributed by atoms with Crippen LogP contribution in [0.3, 0.4) is 0 Å². The van der Waals surface area contributed by atoms with Crippen LogP contribution in [0.25, 0.3) is 5.57 Å². The molecule has 0 radical (unpaired) electrons. The minimum Gasteiger partial charge on any atom is -0.385 e. The zero-order valence-corrected chi connectivity index (χ0v) is 10.0. The van der Waals surface area contributed by atoms with Gasteiger partial charge in [-0.1, -0.05) is 13.5 Å². The standard InChI is InChI=1S/C13H14N2O3/c1-8-5-10(6-13(16)9(8)2)11-3-4-14-7-12(11)15(17)18/h3-4,6-8,13,16H,2,5H2,1H3/t8-,13+/m0/s1. The highest BCUT2D eigenvalue weighted by Gasteiger charge is 2.26. The average molecular weight is 246 g/mol. The Balaban J connectivity index is 2.47. The molecule has 18 heavy (non-hydrogen) atoms. The van der Waals surface area contributed by atoms with Crippen LogP contribution >= 0.6 is 0 Å². The molecule has 0 fully saturated rings. The van der Waals surface area contributed by atoms with Crippen LogP contribution in [0.2, 0.25) is 0 Å². The van der Waals surface area contributed by atoms with Crippen molar-refractivity contribution in [2.24, 2.45) is 5.92 Å². The van der Waals surface area contributed by atoms with Crippen LogP contribution < -0.4 is 0 Å². The van der Waals surface area contributed by atoms with Gasteiger partial charge in [0.15, 0.2) is 0 Å². The molecule has 1 aliphatic carbocycles. The van der Waals surface area contributed by atoms with E-state index in [0.29, 0.717) is 12.0 Å². The summed E-state index contributed by atoms with van der Waals surface area (Å²) in [4.78, 5) is 14.3. The summed E-state index contributed by atoms with van der Waals surface area (Å²) in [5.74, 6) is 0.104. The molecule has 1 aliphatic rings. The molecular formula is C13H14N2O3. The summed E-state index contributed by atoms with van der Waals surface area (Å²) in [5.41, 5.74) is 2.01. The Morgan fingerprint density at radius 1 is 1.61 bits per heavy atom. The van der Waals surface area contributed by atoms with Crippen molar-refractivity contribution >= 4 is 11.3 Å². The number of aliphatic hydroxyl groups excluding tert-OH is 1. The Morgan fingerprint density at radius 3 is 2.94 bits per heavy atom. The van der Waals surface area contributed by atoms with Crippen molar-refractivity contribution in [1.82, 2.24) is 4.98 Å². The fourth-order valence-electron chi connectivity index (χ4n) is 2.12. The highest BCUT2D eigenvalue weighted by atomic mass is 16.6. The van der Waals surface area contributed by atoms with Gasteiger partial charge < -0.3 is 5.11 Å². The smallest absolute Gasteiger partial charge is 0.294 e. The molecule has 0 amide bonds. The Morgan fingerprint density at radius 2 is 2.33 bits per heavy atom. The molecule has 0 spiro atoms. The molecule has 0 saturated carbocycles. The largest absolute Gasteiger partial charge is 0.385 e. The van der Waals surface area contributed by atoms with Gasteiger partial charge in [0.25, 0.3) is 5.69 Å². The molecule has 2 rings (SSSR count). The quantitative estimate of drug-likeness (QED) is 0.493. The van der Waals surface area contributed by atoms with Gasteiger partial charge in [0.2, 0.25) is 0 Å². The first-order valence-electron chi connectivity index (χ1n) is 5.67. The van der Waals surface area contributed by atoms with E-state index in [-0.39, 0.29) is 11.6 Å². The number of allylic oxidation sites excluding steroid dienone is 1. The van der Waals surface area contributed by atoms with Crippen LogP contribution in [0.5, 0.6) is 0 Å². The predicted octanol–water partition coefficient (Wildman–Crippen LogP) is 2.33. The molecule has 0 aromatic carbocycles. The first kappa shape index (κ1) is 12.4. The lowest BCUT2D eigenvalue weighted by atomic mass is 9.82. The number of aliphatic hydroxyl groups is 1. The summed E-state index contributed by atoms with van der Waals surface area (Å²) in [6.07, 6.45) is 4.28. The molecule has 0 bridgehead atoms. The Bertz CT molecular complexity index is 537. The van der Waals surface area contributed by atoms with E-state index >= 15 is 0 Å². The maximum Gasteiger partial charge on any atom is 0.294 e. The van der Waals surface area contributed by atoms with Crippen molar-refractivity contribution in [3.05, 3.63) is 52.4 Å². The lowest BCUT2D eigenvalue weighted by Crippen LogP contribution is -2.19. The van der Waals surface area contributed by atoms with Crippen LogP contribution in [0.1, 0.15) is 18.9 Å². The second kappa shape index (κ2) is 4.70. The first-order chi connectivity index (χ1) is 8.50. The molecule has 1 aromatic rings. The second-order valence-corrected chi connectivity index (χ2v) is 4.47. The SMILES string of the molecule is C=C1[C@H](O)C=C(c2ccncc2[N+](=O)[O-])C[C@@H]1C. The summed E-state index contributed by atoms with van der Waals surface area (Å²) >= 11 is 0. The Kier molecular flexibility index (Phi) is 3.25. The number of pyridine rings is 1. The van der Waals surface area contributed by atoms with Crippen molar-refractivity contribution < 1.29 is 10.0 Å². The highest BCUT2D eigenvalue weighted by Crippen LogP contribution is 2.36. The lowest BCUT2D eigenvalue weighted by molar-refractivity contribution is -0.385. The number of nitrogens with zero attached hydrogens (tertiary/aromatic N) is 2. The summed E-state index contributed by atoms with van der Waals surface area (Å²) < 4.78 is 0. The van der Waals surface area contributed by atoms with Crippen molar-refractivity contribution in [2.75, 3.05) is 0 Å². The van der Waals surface area contributed by atoms with Gasteiger partial charge in [-0.05, 0) is 35.6 Å². The van der Waals surface area contributed by atoms with Gasteiger partial charge in [-0.15, -0.1) is 0 Å². The van der Waals surface area contributed by atoms with E-state index in [2.05, 4.69) is 11.6 Å². The molecule has 0 unspecified atom stereocenters. The van der Waals surface area contributed by atoms with Crippen molar-refractivity contribution in [3.63, 3.8) is 0 Å². The maximum absolute atomic E-state index is 11.0. The zero-order chi connectivity index (χ0) is 13.3. The Hall–Kier alpha value is -2.01. The maximum atomic E-state index is 11.0. The number of hydrogen-bond donors (Lipinski definition) is 1. The topological polar surface area (TPSA) is 76.3 Å². The van der Waals surface area contributed by atoms with Gasteiger partial charge in [-0.25, -0.2) is 0 Å². The van der Waals surface area contributed by atoms with Crippen molar-refractivity contribution in [3.8, 4) is 0 Å². The van der Waals surface area contributed by atoms with Crippen LogP contribution in [-0.4, -0.2) is 21.1 Å². The molecule has 1 heterocycles. The van der Waals surface area contributed by atoms with E-state index in [1.807, 2.05) is 6.92 Å². The molecule has 5 heteroatoms. The minimum absolute atomic E-state index is 0.0318. The Labute approximate surface area is 105 Å². The van der Waals surface area contributed by atoms with Crippen LogP contribution in [0.4, 0.5) is 5.69 Å². The van der Waals surface area contributed by atoms with Crippen molar-refractivity contribution in [2.45, 2.75) is 19.4 Å². The van der Waals surface area contributed by atoms with Crippen LogP contribution in [-0.2, 0) is 0 Å². The average Bonchev–Trinajstić information content (AvgIpc) is 2.35. The molecule has 2 atom stereocenters. The third-order valence-corrected chi connectivity index (χ3v) is 3.24. The van der Waals surface area contributed by atoms with E-state index in [1.165, 1.54) is 12.4 Å². The molecule has 1 N–H and O–H groups in total. The number of aromatic nitrogens is 1. The van der Waals surface area contributed by atoms with E-state index in [0.717, 1.165) is 11.1 Å². The highest BCUT2D eigenvalue weighted by molar-refractivity contribution is 5.74. The summed E-state index contributed by atoms with van der Waals surface area (Å²) in [6.45, 7) is 5.77. The van der Waals surface area contributed by atoms with Gasteiger partial charge in [0.1, 0.15) is 6.20 Å². The molecule has 0 saturated heterocycles. The third-order valence-electron chi connectivity index (χ3n) is 3.24. The van der Waals surface area contributed by atoms with Crippen LogP contribution in [0.15, 0.2) is 36.7 Å². The monoisotopic (exact) mass is 246 g/mol. The molecule has 1 aromatic heterocycles. The predicted molar refractivity (Wildman–Crippen MR) is 67.8 cm³/mol. The minimum atomic E-state index is -0.739. The van der Waals surface area contributed by atoms with E-state index in [1.54, 1.807) is 12.1 Å². The normalized spacial score (nSPS) is 23.7. The fraction of sp³-hybridized carbons (Fsp3) is 0.308. The van der Waals surface area contributed by atoms with Gasteiger partial charge in [-0.2, -0.15) is 0 Å². The third kappa shape index (κ3) is 2.17. The van der Waals surface area contributed by atoms with E-state index in [9.17, 15) is 15.2 Å². The van der Waals surface area contributed by atoms with E-state index in [4.69, 9.17) is 0 Å². The molecule has 5 nitrogen and oxygen atoms in total. The van der Waals surface area contributed by atoms with E-state index < -0.39 is 11.0 Å². The van der Waals surface area contributed by atoms with Crippen LogP contribution in [0, 0.1) is 16.0 Å². The summed E-state index contributed by atoms with van der Waals surface area (Å²) in [7, 11) is 0. The zero-order valence-electron chi connectivity index (χ0n) is 10.0. The molecule has 94 valence electrons.